The molecule has 1 atom stereocenters. The van der Waals surface area contributed by atoms with E-state index < -0.39 is 16.0 Å². The van der Waals surface area contributed by atoms with Crippen molar-refractivity contribution in [3.05, 3.63) is 35.8 Å². The number of hydrogen-bond donors (Lipinski definition) is 2. The Bertz CT molecular complexity index is 788. The van der Waals surface area contributed by atoms with Gasteiger partial charge in [0, 0.05) is 30.4 Å². The standard InChI is InChI=1S/C14H15N3O4S2/c18-13(19)10-5-7-17(9-10)11-1-3-12(4-2-11)23(20,21)16-14-15-6-8-22-14/h1-4,6,8,10H,5,7,9H2,(H,15,16)(H,18,19). The Hall–Kier alpha value is -2.13. The molecule has 1 aliphatic heterocycles. The molecule has 1 aromatic heterocycles. The van der Waals surface area contributed by atoms with E-state index in [9.17, 15) is 13.2 Å². The number of anilines is 2. The fourth-order valence-electron chi connectivity index (χ4n) is 2.48. The van der Waals surface area contributed by atoms with E-state index in [1.54, 1.807) is 17.5 Å². The largest absolute Gasteiger partial charge is 0.481 e. The SMILES string of the molecule is O=C(O)C1CCN(c2ccc(S(=O)(=O)Nc3nccs3)cc2)C1. The van der Waals surface area contributed by atoms with Gasteiger partial charge in [-0.15, -0.1) is 11.3 Å². The van der Waals surface area contributed by atoms with Crippen molar-refractivity contribution in [2.75, 3.05) is 22.7 Å². The van der Waals surface area contributed by atoms with Gasteiger partial charge in [-0.3, -0.25) is 9.52 Å². The van der Waals surface area contributed by atoms with Gasteiger partial charge in [0.15, 0.2) is 5.13 Å². The van der Waals surface area contributed by atoms with E-state index in [2.05, 4.69) is 9.71 Å². The summed E-state index contributed by atoms with van der Waals surface area (Å²) in [5, 5.41) is 11.0. The zero-order valence-electron chi connectivity index (χ0n) is 12.0. The number of sulfonamides is 1. The summed E-state index contributed by atoms with van der Waals surface area (Å²) in [5.74, 6) is -1.16. The van der Waals surface area contributed by atoms with Crippen molar-refractivity contribution in [1.82, 2.24) is 4.98 Å². The van der Waals surface area contributed by atoms with Crippen LogP contribution in [0.3, 0.4) is 0 Å². The topological polar surface area (TPSA) is 99.6 Å². The predicted octanol–water partition coefficient (Wildman–Crippen LogP) is 1.85. The molecule has 9 heteroatoms. The number of aromatic nitrogens is 1. The average Bonchev–Trinajstić information content (AvgIpc) is 3.18. The van der Waals surface area contributed by atoms with Crippen LogP contribution in [0.15, 0.2) is 40.7 Å². The number of hydrogen-bond acceptors (Lipinski definition) is 6. The first kappa shape index (κ1) is 15.8. The van der Waals surface area contributed by atoms with Crippen LogP contribution < -0.4 is 9.62 Å². The second kappa shape index (κ2) is 6.17. The zero-order chi connectivity index (χ0) is 16.4. The number of rotatable bonds is 5. The molecule has 2 N–H and O–H groups in total. The maximum atomic E-state index is 12.2. The van der Waals surface area contributed by atoms with Gasteiger partial charge in [-0.2, -0.15) is 0 Å². The first-order valence-corrected chi connectivity index (χ1v) is 9.32. The van der Waals surface area contributed by atoms with Gasteiger partial charge >= 0.3 is 5.97 Å². The maximum absolute atomic E-state index is 12.2. The van der Waals surface area contributed by atoms with E-state index in [0.717, 1.165) is 5.69 Å². The van der Waals surface area contributed by atoms with Gasteiger partial charge in [0.25, 0.3) is 10.0 Å². The third-order valence-corrected chi connectivity index (χ3v) is 5.88. The van der Waals surface area contributed by atoms with E-state index >= 15 is 0 Å². The monoisotopic (exact) mass is 353 g/mol. The van der Waals surface area contributed by atoms with Crippen LogP contribution in [0.1, 0.15) is 6.42 Å². The third kappa shape index (κ3) is 3.45. The molecule has 7 nitrogen and oxygen atoms in total. The van der Waals surface area contributed by atoms with Crippen LogP contribution >= 0.6 is 11.3 Å². The van der Waals surface area contributed by atoms with Gasteiger partial charge in [-0.05, 0) is 30.7 Å². The Morgan fingerprint density at radius 1 is 1.35 bits per heavy atom. The minimum absolute atomic E-state index is 0.144. The molecule has 1 fully saturated rings. The van der Waals surface area contributed by atoms with Crippen molar-refractivity contribution < 1.29 is 18.3 Å². The molecule has 1 aliphatic rings. The van der Waals surface area contributed by atoms with Crippen molar-refractivity contribution in [3.8, 4) is 0 Å². The van der Waals surface area contributed by atoms with Crippen LogP contribution in [0.5, 0.6) is 0 Å². The van der Waals surface area contributed by atoms with Crippen LogP contribution in [0.2, 0.25) is 0 Å². The molecular formula is C14H15N3O4S2. The van der Waals surface area contributed by atoms with Crippen molar-refractivity contribution in [1.29, 1.82) is 0 Å². The molecule has 23 heavy (non-hydrogen) atoms. The van der Waals surface area contributed by atoms with Gasteiger partial charge in [0.05, 0.1) is 10.8 Å². The lowest BCUT2D eigenvalue weighted by Crippen LogP contribution is -2.22. The lowest BCUT2D eigenvalue weighted by Gasteiger charge is -2.18. The van der Waals surface area contributed by atoms with E-state index in [0.29, 0.717) is 24.6 Å². The Balaban J connectivity index is 1.73. The van der Waals surface area contributed by atoms with Crippen LogP contribution in [0.4, 0.5) is 10.8 Å². The maximum Gasteiger partial charge on any atom is 0.308 e. The number of nitrogens with one attached hydrogen (secondary N) is 1. The Morgan fingerprint density at radius 2 is 2.09 bits per heavy atom. The molecule has 3 rings (SSSR count). The number of benzene rings is 1. The summed E-state index contributed by atoms with van der Waals surface area (Å²) in [6, 6.07) is 6.42. The first-order valence-electron chi connectivity index (χ1n) is 6.96. The highest BCUT2D eigenvalue weighted by Crippen LogP contribution is 2.26. The average molecular weight is 353 g/mol. The molecule has 0 spiro atoms. The van der Waals surface area contributed by atoms with E-state index in [-0.39, 0.29) is 10.8 Å². The summed E-state index contributed by atoms with van der Waals surface area (Å²) in [4.78, 5) is 17.0. The highest BCUT2D eigenvalue weighted by atomic mass is 32.2. The van der Waals surface area contributed by atoms with Crippen LogP contribution in [-0.2, 0) is 14.8 Å². The molecule has 0 radical (unpaired) electrons. The zero-order valence-corrected chi connectivity index (χ0v) is 13.7. The van der Waals surface area contributed by atoms with E-state index in [4.69, 9.17) is 5.11 Å². The van der Waals surface area contributed by atoms with E-state index in [1.807, 2.05) is 4.90 Å². The number of carbonyl (C=O) groups is 1. The Morgan fingerprint density at radius 3 is 2.65 bits per heavy atom. The quantitative estimate of drug-likeness (QED) is 0.851. The molecule has 0 saturated carbocycles. The van der Waals surface area contributed by atoms with Crippen molar-refractivity contribution in [2.45, 2.75) is 11.3 Å². The minimum Gasteiger partial charge on any atom is -0.481 e. The second-order valence-corrected chi connectivity index (χ2v) is 7.78. The van der Waals surface area contributed by atoms with Gasteiger partial charge in [0.1, 0.15) is 0 Å². The fraction of sp³-hybridized carbons (Fsp3) is 0.286. The molecule has 2 aromatic rings. The molecule has 0 aliphatic carbocycles. The van der Waals surface area contributed by atoms with Crippen molar-refractivity contribution in [3.63, 3.8) is 0 Å². The predicted molar refractivity (Wildman–Crippen MR) is 87.3 cm³/mol. The van der Waals surface area contributed by atoms with Gasteiger partial charge in [-0.25, -0.2) is 13.4 Å². The van der Waals surface area contributed by atoms with Gasteiger partial charge in [0.2, 0.25) is 0 Å². The molecule has 1 aromatic carbocycles. The molecular weight excluding hydrogens is 338 g/mol. The lowest BCUT2D eigenvalue weighted by atomic mass is 10.1. The summed E-state index contributed by atoms with van der Waals surface area (Å²) in [7, 11) is -3.66. The number of nitrogens with zero attached hydrogens (tertiary/aromatic N) is 2. The highest BCUT2D eigenvalue weighted by Gasteiger charge is 2.28. The van der Waals surface area contributed by atoms with E-state index in [1.165, 1.54) is 29.7 Å². The smallest absolute Gasteiger partial charge is 0.308 e. The summed E-state index contributed by atoms with van der Waals surface area (Å²) in [5.41, 5.74) is 0.821. The molecule has 1 unspecified atom stereocenters. The van der Waals surface area contributed by atoms with Crippen LogP contribution in [-0.4, -0.2) is 37.6 Å². The Kier molecular flexibility index (Phi) is 4.22. The van der Waals surface area contributed by atoms with Crippen LogP contribution in [0, 0.1) is 5.92 Å². The fourth-order valence-corrected chi connectivity index (χ4v) is 4.27. The normalized spacial score (nSPS) is 18.1. The number of carboxylic acid groups (broad SMARTS) is 1. The molecule has 2 heterocycles. The number of aliphatic carboxylic acids is 1. The second-order valence-electron chi connectivity index (χ2n) is 5.21. The van der Waals surface area contributed by atoms with Gasteiger partial charge in [-0.1, -0.05) is 0 Å². The minimum atomic E-state index is -3.66. The molecule has 122 valence electrons. The van der Waals surface area contributed by atoms with Crippen LogP contribution in [0.25, 0.3) is 0 Å². The van der Waals surface area contributed by atoms with Crippen molar-refractivity contribution in [2.24, 2.45) is 5.92 Å². The van der Waals surface area contributed by atoms with Crippen molar-refractivity contribution >= 4 is 38.1 Å². The molecule has 0 bridgehead atoms. The number of thiazole rings is 1. The molecule has 0 amide bonds. The number of carboxylic acids is 1. The molecule has 1 saturated heterocycles. The summed E-state index contributed by atoms with van der Waals surface area (Å²) >= 11 is 1.21. The summed E-state index contributed by atoms with van der Waals surface area (Å²) in [6.07, 6.45) is 2.12. The highest BCUT2D eigenvalue weighted by molar-refractivity contribution is 7.93. The lowest BCUT2D eigenvalue weighted by molar-refractivity contribution is -0.140. The van der Waals surface area contributed by atoms with Gasteiger partial charge < -0.3 is 10.0 Å². The summed E-state index contributed by atoms with van der Waals surface area (Å²) in [6.45, 7) is 1.10. The Labute approximate surface area is 137 Å². The summed E-state index contributed by atoms with van der Waals surface area (Å²) < 4.78 is 26.9. The first-order chi connectivity index (χ1) is 11.0. The third-order valence-electron chi connectivity index (χ3n) is 3.70.